The molecule has 3 aromatic heterocycles. The molecule has 7 nitrogen and oxygen atoms in total. The van der Waals surface area contributed by atoms with Crippen molar-refractivity contribution in [1.29, 1.82) is 0 Å². The summed E-state index contributed by atoms with van der Waals surface area (Å²) in [7, 11) is 1.68. The fraction of sp³-hybridized carbons (Fsp3) is 0.250. The highest BCUT2D eigenvalue weighted by atomic mass is 16.2. The molecule has 0 spiro atoms. The van der Waals surface area contributed by atoms with Gasteiger partial charge in [0.1, 0.15) is 11.4 Å². The largest absolute Gasteiger partial charge is 0.338 e. The third-order valence-electron chi connectivity index (χ3n) is 4.42. The highest BCUT2D eigenvalue weighted by molar-refractivity contribution is 5.93. The van der Waals surface area contributed by atoms with E-state index in [4.69, 9.17) is 0 Å². The van der Waals surface area contributed by atoms with Crippen LogP contribution in [0.1, 0.15) is 28.5 Å². The van der Waals surface area contributed by atoms with Crippen LogP contribution in [-0.4, -0.2) is 43.8 Å². The average Bonchev–Trinajstić information content (AvgIpc) is 2.67. The summed E-state index contributed by atoms with van der Waals surface area (Å²) in [5.41, 5.74) is 2.24. The number of likely N-dealkylation sites (N-methyl/N-ethyl adjacent to an activating group) is 1. The van der Waals surface area contributed by atoms with Gasteiger partial charge in [0.25, 0.3) is 11.5 Å². The molecule has 7 heteroatoms. The van der Waals surface area contributed by atoms with Crippen molar-refractivity contribution in [1.82, 2.24) is 24.8 Å². The van der Waals surface area contributed by atoms with Gasteiger partial charge < -0.3 is 9.88 Å². The quantitative estimate of drug-likeness (QED) is 0.750. The number of nitrogens with one attached hydrogen (secondary N) is 1. The van der Waals surface area contributed by atoms with Gasteiger partial charge in [-0.2, -0.15) is 0 Å². The zero-order chi connectivity index (χ0) is 19.4. The monoisotopic (exact) mass is 363 g/mol. The third-order valence-corrected chi connectivity index (χ3v) is 4.42. The number of amides is 1. The SMILES string of the molecule is Cc1ccnc(C[C@@H](C)N(C)C(=O)c2cnc(-c3cccnc3)[nH]c2=O)c1. The molecular formula is C20H21N5O2. The van der Waals surface area contributed by atoms with E-state index in [-0.39, 0.29) is 17.5 Å². The van der Waals surface area contributed by atoms with E-state index < -0.39 is 5.56 Å². The van der Waals surface area contributed by atoms with Crippen molar-refractivity contribution in [3.8, 4) is 11.4 Å². The van der Waals surface area contributed by atoms with Crippen molar-refractivity contribution in [3.63, 3.8) is 0 Å². The van der Waals surface area contributed by atoms with E-state index in [0.717, 1.165) is 11.3 Å². The molecule has 0 aliphatic carbocycles. The number of carbonyl (C=O) groups is 1. The highest BCUT2D eigenvalue weighted by Gasteiger charge is 2.21. The van der Waals surface area contributed by atoms with Crippen LogP contribution in [0, 0.1) is 6.92 Å². The van der Waals surface area contributed by atoms with Gasteiger partial charge in [0, 0.05) is 55.6 Å². The van der Waals surface area contributed by atoms with Gasteiger partial charge in [0.15, 0.2) is 0 Å². The van der Waals surface area contributed by atoms with E-state index >= 15 is 0 Å². The predicted molar refractivity (Wildman–Crippen MR) is 102 cm³/mol. The van der Waals surface area contributed by atoms with Crippen LogP contribution in [0.4, 0.5) is 0 Å². The minimum Gasteiger partial charge on any atom is -0.338 e. The summed E-state index contributed by atoms with van der Waals surface area (Å²) in [6, 6.07) is 7.34. The lowest BCUT2D eigenvalue weighted by Gasteiger charge is -2.24. The van der Waals surface area contributed by atoms with Crippen LogP contribution in [0.15, 0.2) is 53.8 Å². The molecule has 3 heterocycles. The molecule has 0 unspecified atom stereocenters. The van der Waals surface area contributed by atoms with Crippen molar-refractivity contribution >= 4 is 5.91 Å². The van der Waals surface area contributed by atoms with E-state index in [2.05, 4.69) is 19.9 Å². The Morgan fingerprint density at radius 3 is 2.70 bits per heavy atom. The maximum atomic E-state index is 12.7. The Balaban J connectivity index is 1.77. The van der Waals surface area contributed by atoms with Crippen LogP contribution in [0.25, 0.3) is 11.4 Å². The standard InChI is InChI=1S/C20H21N5O2/c1-13-6-8-22-16(9-13)10-14(2)25(3)20(27)17-12-23-18(24-19(17)26)15-5-4-7-21-11-15/h4-9,11-12,14H,10H2,1-3H3,(H,23,24,26)/t14-/m1/s1. The second-order valence-corrected chi connectivity index (χ2v) is 6.51. The smallest absolute Gasteiger partial charge is 0.264 e. The van der Waals surface area contributed by atoms with Gasteiger partial charge in [0.05, 0.1) is 0 Å². The fourth-order valence-electron chi connectivity index (χ4n) is 2.74. The van der Waals surface area contributed by atoms with Gasteiger partial charge in [-0.25, -0.2) is 4.98 Å². The molecule has 0 aromatic carbocycles. The summed E-state index contributed by atoms with van der Waals surface area (Å²) in [6.45, 7) is 3.92. The van der Waals surface area contributed by atoms with E-state index in [0.29, 0.717) is 17.8 Å². The van der Waals surface area contributed by atoms with Gasteiger partial charge in [0.2, 0.25) is 0 Å². The first-order valence-corrected chi connectivity index (χ1v) is 8.64. The molecule has 0 saturated carbocycles. The van der Waals surface area contributed by atoms with Gasteiger partial charge in [-0.15, -0.1) is 0 Å². The Labute approximate surface area is 157 Å². The van der Waals surface area contributed by atoms with Crippen molar-refractivity contribution in [2.75, 3.05) is 7.05 Å². The fourth-order valence-corrected chi connectivity index (χ4v) is 2.74. The molecule has 0 radical (unpaired) electrons. The summed E-state index contributed by atoms with van der Waals surface area (Å²) in [4.78, 5) is 41.9. The van der Waals surface area contributed by atoms with Crippen molar-refractivity contribution < 1.29 is 4.79 Å². The Hall–Kier alpha value is -3.35. The number of aryl methyl sites for hydroxylation is 1. The van der Waals surface area contributed by atoms with Crippen LogP contribution >= 0.6 is 0 Å². The molecule has 1 atom stereocenters. The number of aromatic amines is 1. The maximum Gasteiger partial charge on any atom is 0.264 e. The zero-order valence-corrected chi connectivity index (χ0v) is 15.5. The third kappa shape index (κ3) is 4.25. The zero-order valence-electron chi connectivity index (χ0n) is 15.5. The number of aromatic nitrogens is 4. The van der Waals surface area contributed by atoms with E-state index in [1.165, 1.54) is 6.20 Å². The van der Waals surface area contributed by atoms with Gasteiger partial charge in [-0.3, -0.25) is 19.6 Å². The molecular weight excluding hydrogens is 342 g/mol. The van der Waals surface area contributed by atoms with Crippen LogP contribution < -0.4 is 5.56 Å². The molecule has 0 aliphatic rings. The first kappa shape index (κ1) is 18.4. The number of hydrogen-bond donors (Lipinski definition) is 1. The summed E-state index contributed by atoms with van der Waals surface area (Å²) >= 11 is 0. The lowest BCUT2D eigenvalue weighted by molar-refractivity contribution is 0.0740. The van der Waals surface area contributed by atoms with Gasteiger partial charge >= 0.3 is 0 Å². The summed E-state index contributed by atoms with van der Waals surface area (Å²) < 4.78 is 0. The Kier molecular flexibility index (Phi) is 5.40. The van der Waals surface area contributed by atoms with Crippen molar-refractivity contribution in [2.24, 2.45) is 0 Å². The first-order valence-electron chi connectivity index (χ1n) is 8.64. The lowest BCUT2D eigenvalue weighted by Crippen LogP contribution is -2.39. The number of pyridine rings is 2. The van der Waals surface area contributed by atoms with Crippen LogP contribution in [-0.2, 0) is 6.42 Å². The van der Waals surface area contributed by atoms with Crippen LogP contribution in [0.5, 0.6) is 0 Å². The van der Waals surface area contributed by atoms with E-state index in [1.54, 1.807) is 42.7 Å². The molecule has 27 heavy (non-hydrogen) atoms. The molecule has 1 amide bonds. The van der Waals surface area contributed by atoms with Crippen LogP contribution in [0.3, 0.4) is 0 Å². The minimum absolute atomic E-state index is 0.00851. The minimum atomic E-state index is -0.471. The highest BCUT2D eigenvalue weighted by Crippen LogP contribution is 2.12. The van der Waals surface area contributed by atoms with Gasteiger partial charge in [-0.05, 0) is 43.7 Å². The van der Waals surface area contributed by atoms with Crippen LogP contribution in [0.2, 0.25) is 0 Å². The number of nitrogens with zero attached hydrogens (tertiary/aromatic N) is 4. The average molecular weight is 363 g/mol. The van der Waals surface area contributed by atoms with Crippen molar-refractivity contribution in [3.05, 3.63) is 76.2 Å². The molecule has 0 bridgehead atoms. The molecule has 0 saturated heterocycles. The number of H-pyrrole nitrogens is 1. The normalized spacial score (nSPS) is 11.8. The molecule has 0 aliphatic heterocycles. The Bertz CT molecular complexity index is 1000. The second-order valence-electron chi connectivity index (χ2n) is 6.51. The maximum absolute atomic E-state index is 12.7. The topological polar surface area (TPSA) is 91.8 Å². The van der Waals surface area contributed by atoms with E-state index in [1.807, 2.05) is 26.0 Å². The molecule has 3 rings (SSSR count). The number of carbonyl (C=O) groups excluding carboxylic acids is 1. The molecule has 1 N–H and O–H groups in total. The van der Waals surface area contributed by atoms with E-state index in [9.17, 15) is 9.59 Å². The number of rotatable bonds is 5. The summed E-state index contributed by atoms with van der Waals surface area (Å²) in [5.74, 6) is 0.00551. The predicted octanol–water partition coefficient (Wildman–Crippen LogP) is 2.24. The first-order chi connectivity index (χ1) is 13.0. The molecule has 3 aromatic rings. The molecule has 0 fully saturated rings. The lowest BCUT2D eigenvalue weighted by atomic mass is 10.1. The van der Waals surface area contributed by atoms with Gasteiger partial charge in [-0.1, -0.05) is 0 Å². The second kappa shape index (κ2) is 7.90. The summed E-state index contributed by atoms with van der Waals surface area (Å²) in [6.07, 6.45) is 6.91. The number of hydrogen-bond acceptors (Lipinski definition) is 5. The molecule has 138 valence electrons. The Morgan fingerprint density at radius 2 is 2.04 bits per heavy atom. The Morgan fingerprint density at radius 1 is 1.22 bits per heavy atom. The van der Waals surface area contributed by atoms with Crippen molar-refractivity contribution in [2.45, 2.75) is 26.3 Å². The summed E-state index contributed by atoms with van der Waals surface area (Å²) in [5, 5.41) is 0.